The maximum atomic E-state index is 10.2. The van der Waals surface area contributed by atoms with Gasteiger partial charge in [0.15, 0.2) is 18.2 Å². The first kappa shape index (κ1) is 18.0. The van der Waals surface area contributed by atoms with E-state index in [-0.39, 0.29) is 23.8 Å². The van der Waals surface area contributed by atoms with Gasteiger partial charge in [0.05, 0.1) is 23.9 Å². The number of nitriles is 1. The maximum Gasteiger partial charge on any atom is 0.175 e. The number of nitrogens with one attached hydrogen (secondary N) is 1. The quantitative estimate of drug-likeness (QED) is 0.300. The summed E-state index contributed by atoms with van der Waals surface area (Å²) in [6.07, 6.45) is 0. The summed E-state index contributed by atoms with van der Waals surface area (Å²) in [5.41, 5.74) is 3.00. The zero-order valence-electron chi connectivity index (χ0n) is 14.9. The molecule has 3 rings (SSSR count). The summed E-state index contributed by atoms with van der Waals surface area (Å²) in [7, 11) is 1.60. The lowest BCUT2D eigenvalue weighted by molar-refractivity contribution is 0.137. The second kappa shape index (κ2) is 8.06. The lowest BCUT2D eigenvalue weighted by Crippen LogP contribution is -2.01. The van der Waals surface area contributed by atoms with E-state index in [4.69, 9.17) is 9.57 Å². The SMILES string of the molecule is COc1ccc(/C(C)=N/OCC(O)=C(C#N)c2nc3ccccc3[nH]2)cc1. The van der Waals surface area contributed by atoms with Gasteiger partial charge in [0.2, 0.25) is 0 Å². The Morgan fingerprint density at radius 2 is 1.96 bits per heavy atom. The van der Waals surface area contributed by atoms with E-state index < -0.39 is 0 Å². The number of oxime groups is 1. The minimum atomic E-state index is -0.247. The molecule has 0 aliphatic rings. The predicted octanol–water partition coefficient (Wildman–Crippen LogP) is 3.80. The van der Waals surface area contributed by atoms with Gasteiger partial charge < -0.3 is 19.7 Å². The summed E-state index contributed by atoms with van der Waals surface area (Å²) >= 11 is 0. The summed E-state index contributed by atoms with van der Waals surface area (Å²) in [6, 6.07) is 16.7. The smallest absolute Gasteiger partial charge is 0.175 e. The van der Waals surface area contributed by atoms with E-state index in [1.807, 2.05) is 54.6 Å². The van der Waals surface area contributed by atoms with Gasteiger partial charge >= 0.3 is 0 Å². The molecule has 0 atom stereocenters. The standard InChI is InChI=1S/C20H18N4O3/c1-13(14-7-9-15(26-2)10-8-14)24-27-12-19(25)16(11-21)20-22-17-5-3-4-6-18(17)23-20/h3-10,25H,12H2,1-2H3,(H,22,23)/b19-16?,24-13+. The van der Waals surface area contributed by atoms with Crippen LogP contribution in [0.3, 0.4) is 0 Å². The van der Waals surface area contributed by atoms with Gasteiger partial charge in [0.25, 0.3) is 0 Å². The van der Waals surface area contributed by atoms with Crippen molar-refractivity contribution in [1.29, 1.82) is 5.26 Å². The molecule has 3 aromatic rings. The third-order valence-corrected chi connectivity index (χ3v) is 3.94. The van der Waals surface area contributed by atoms with Crippen LogP contribution in [-0.2, 0) is 4.84 Å². The Hall–Kier alpha value is -3.79. The monoisotopic (exact) mass is 362 g/mol. The maximum absolute atomic E-state index is 10.2. The number of aromatic nitrogens is 2. The third kappa shape index (κ3) is 4.07. The summed E-state index contributed by atoms with van der Waals surface area (Å²) in [4.78, 5) is 12.5. The van der Waals surface area contributed by atoms with E-state index in [1.54, 1.807) is 14.0 Å². The Labute approximate surface area is 156 Å². The van der Waals surface area contributed by atoms with Crippen LogP contribution in [0.2, 0.25) is 0 Å². The normalized spacial score (nSPS) is 12.4. The van der Waals surface area contributed by atoms with Crippen molar-refractivity contribution >= 4 is 22.3 Å². The highest BCUT2D eigenvalue weighted by Gasteiger charge is 2.13. The molecule has 1 aromatic heterocycles. The zero-order valence-corrected chi connectivity index (χ0v) is 14.9. The van der Waals surface area contributed by atoms with E-state index in [9.17, 15) is 10.4 Å². The number of aliphatic hydroxyl groups is 1. The van der Waals surface area contributed by atoms with Crippen LogP contribution in [-0.4, -0.2) is 34.5 Å². The fourth-order valence-electron chi connectivity index (χ4n) is 2.47. The number of para-hydroxylation sites is 2. The molecule has 7 nitrogen and oxygen atoms in total. The molecule has 0 fully saturated rings. The Bertz CT molecular complexity index is 1010. The molecule has 27 heavy (non-hydrogen) atoms. The van der Waals surface area contributed by atoms with Crippen molar-refractivity contribution in [2.75, 3.05) is 13.7 Å². The van der Waals surface area contributed by atoms with Crippen LogP contribution in [0.15, 0.2) is 59.4 Å². The van der Waals surface area contributed by atoms with E-state index in [0.29, 0.717) is 11.2 Å². The van der Waals surface area contributed by atoms with E-state index in [1.165, 1.54) is 0 Å². The summed E-state index contributed by atoms with van der Waals surface area (Å²) in [6.45, 7) is 1.54. The van der Waals surface area contributed by atoms with Crippen LogP contribution in [0.5, 0.6) is 5.75 Å². The van der Waals surface area contributed by atoms with Crippen LogP contribution >= 0.6 is 0 Å². The number of fused-ring (bicyclic) bond motifs is 1. The topological polar surface area (TPSA) is 104 Å². The van der Waals surface area contributed by atoms with Gasteiger partial charge in [-0.2, -0.15) is 5.26 Å². The number of nitrogens with zero attached hydrogens (tertiary/aromatic N) is 3. The molecule has 136 valence electrons. The zero-order chi connectivity index (χ0) is 19.2. The predicted molar refractivity (Wildman–Crippen MR) is 102 cm³/mol. The molecule has 0 bridgehead atoms. The van der Waals surface area contributed by atoms with Crippen LogP contribution in [0.1, 0.15) is 18.3 Å². The average Bonchev–Trinajstić information content (AvgIpc) is 3.12. The van der Waals surface area contributed by atoms with Crippen molar-refractivity contribution in [3.05, 3.63) is 65.7 Å². The Kier molecular flexibility index (Phi) is 5.38. The van der Waals surface area contributed by atoms with E-state index in [0.717, 1.165) is 16.8 Å². The third-order valence-electron chi connectivity index (χ3n) is 3.94. The number of ether oxygens (including phenoxy) is 1. The molecule has 1 heterocycles. The number of rotatable bonds is 6. The molecule has 0 radical (unpaired) electrons. The Balaban J connectivity index is 1.73. The summed E-state index contributed by atoms with van der Waals surface area (Å²) < 4.78 is 5.11. The van der Waals surface area contributed by atoms with Gasteiger partial charge in [-0.25, -0.2) is 4.98 Å². The first-order chi connectivity index (χ1) is 13.1. The van der Waals surface area contributed by atoms with Crippen molar-refractivity contribution in [3.8, 4) is 11.8 Å². The highest BCUT2D eigenvalue weighted by Crippen LogP contribution is 2.19. The van der Waals surface area contributed by atoms with Crippen molar-refractivity contribution in [2.24, 2.45) is 5.16 Å². The number of allylic oxidation sites excluding steroid dienone is 1. The molecular formula is C20H18N4O3. The minimum absolute atomic E-state index is 0.0171. The Morgan fingerprint density at radius 1 is 1.22 bits per heavy atom. The highest BCUT2D eigenvalue weighted by molar-refractivity contribution is 5.98. The van der Waals surface area contributed by atoms with E-state index in [2.05, 4.69) is 15.1 Å². The van der Waals surface area contributed by atoms with Gasteiger partial charge in [-0.15, -0.1) is 0 Å². The molecule has 0 aliphatic heterocycles. The van der Waals surface area contributed by atoms with Crippen molar-refractivity contribution in [1.82, 2.24) is 9.97 Å². The summed E-state index contributed by atoms with van der Waals surface area (Å²) in [5, 5.41) is 23.6. The fourth-order valence-corrected chi connectivity index (χ4v) is 2.47. The number of aliphatic hydroxyl groups excluding tert-OH is 1. The first-order valence-electron chi connectivity index (χ1n) is 8.20. The molecule has 0 spiro atoms. The molecule has 0 aliphatic carbocycles. The lowest BCUT2D eigenvalue weighted by atomic mass is 10.1. The molecule has 2 N–H and O–H groups in total. The number of imidazole rings is 1. The molecule has 0 saturated carbocycles. The van der Waals surface area contributed by atoms with Crippen LogP contribution in [0.4, 0.5) is 0 Å². The van der Waals surface area contributed by atoms with E-state index >= 15 is 0 Å². The first-order valence-corrected chi connectivity index (χ1v) is 8.20. The molecular weight excluding hydrogens is 344 g/mol. The van der Waals surface area contributed by atoms with Crippen LogP contribution < -0.4 is 4.74 Å². The molecule has 2 aromatic carbocycles. The number of hydrogen-bond acceptors (Lipinski definition) is 6. The van der Waals surface area contributed by atoms with Crippen molar-refractivity contribution in [3.63, 3.8) is 0 Å². The molecule has 0 unspecified atom stereocenters. The molecule has 7 heteroatoms. The van der Waals surface area contributed by atoms with Gasteiger partial charge in [0, 0.05) is 0 Å². The number of aromatic amines is 1. The van der Waals surface area contributed by atoms with Crippen molar-refractivity contribution in [2.45, 2.75) is 6.92 Å². The minimum Gasteiger partial charge on any atom is -0.507 e. The second-order valence-corrected chi connectivity index (χ2v) is 5.71. The number of benzene rings is 2. The number of H-pyrrole nitrogens is 1. The van der Waals surface area contributed by atoms with Gasteiger partial charge in [0.1, 0.15) is 17.4 Å². The highest BCUT2D eigenvalue weighted by atomic mass is 16.6. The van der Waals surface area contributed by atoms with Crippen LogP contribution in [0.25, 0.3) is 16.6 Å². The number of hydrogen-bond donors (Lipinski definition) is 2. The van der Waals surface area contributed by atoms with Gasteiger partial charge in [-0.1, -0.05) is 17.3 Å². The van der Waals surface area contributed by atoms with Gasteiger partial charge in [-0.3, -0.25) is 0 Å². The van der Waals surface area contributed by atoms with Gasteiger partial charge in [-0.05, 0) is 48.9 Å². The summed E-state index contributed by atoms with van der Waals surface area (Å²) in [5.74, 6) is 0.788. The number of methoxy groups -OCH3 is 1. The largest absolute Gasteiger partial charge is 0.507 e. The van der Waals surface area contributed by atoms with Crippen LogP contribution in [0, 0.1) is 11.3 Å². The molecule has 0 saturated heterocycles. The Morgan fingerprint density at radius 3 is 2.63 bits per heavy atom. The van der Waals surface area contributed by atoms with Crippen molar-refractivity contribution < 1.29 is 14.7 Å². The lowest BCUT2D eigenvalue weighted by Gasteiger charge is -2.04. The molecule has 0 amide bonds. The second-order valence-electron chi connectivity index (χ2n) is 5.71. The fraction of sp³-hybridized carbons (Fsp3) is 0.150. The average molecular weight is 362 g/mol.